The van der Waals surface area contributed by atoms with E-state index in [0.717, 1.165) is 68.0 Å². The fraction of sp³-hybridized carbons (Fsp3) is 0.364. The maximum atomic E-state index is 6.08. The van der Waals surface area contributed by atoms with Gasteiger partial charge < -0.3 is 38.5 Å². The van der Waals surface area contributed by atoms with E-state index in [1.807, 2.05) is 48.5 Å². The Labute approximate surface area is 310 Å². The Morgan fingerprint density at radius 3 is 0.731 bits per heavy atom. The Hall–Kier alpha value is -5.24. The molecule has 0 atom stereocenters. The van der Waals surface area contributed by atoms with E-state index in [-0.39, 0.29) is 11.8 Å². The molecule has 0 aliphatic carbocycles. The molecule has 0 radical (unpaired) electrons. The molecule has 0 aromatic heterocycles. The van der Waals surface area contributed by atoms with Crippen LogP contribution in [0.4, 0.5) is 0 Å². The van der Waals surface area contributed by atoms with Crippen molar-refractivity contribution in [3.8, 4) is 23.0 Å². The minimum Gasteiger partial charge on any atom is -0.496 e. The van der Waals surface area contributed by atoms with E-state index < -0.39 is 11.3 Å². The highest BCUT2D eigenvalue weighted by Crippen LogP contribution is 2.63. The summed E-state index contributed by atoms with van der Waals surface area (Å²) >= 11 is 0. The summed E-state index contributed by atoms with van der Waals surface area (Å²) in [5, 5.41) is 0. The molecule has 52 heavy (non-hydrogen) atoms. The molecule has 0 N–H and O–H groups in total. The van der Waals surface area contributed by atoms with Crippen LogP contribution in [-0.4, -0.2) is 87.6 Å². The zero-order valence-corrected chi connectivity index (χ0v) is 32.8. The lowest BCUT2D eigenvalue weighted by atomic mass is 9.72. The van der Waals surface area contributed by atoms with Crippen LogP contribution in [0.5, 0.6) is 23.0 Å². The number of para-hydroxylation sites is 4. The molecule has 274 valence electrons. The Morgan fingerprint density at radius 2 is 0.558 bits per heavy atom. The second kappa shape index (κ2) is 14.1. The van der Waals surface area contributed by atoms with Crippen LogP contribution < -0.4 is 18.9 Å². The summed E-state index contributed by atoms with van der Waals surface area (Å²) in [6, 6.07) is 33.2. The lowest BCUT2D eigenvalue weighted by Crippen LogP contribution is -2.79. The number of ether oxygens (including phenoxy) is 4. The van der Waals surface area contributed by atoms with Crippen molar-refractivity contribution >= 4 is 22.8 Å². The molecule has 8 nitrogen and oxygen atoms in total. The summed E-state index contributed by atoms with van der Waals surface area (Å²) < 4.78 is 24.3. The first-order chi connectivity index (χ1) is 25.0. The topological polar surface area (TPSA) is 49.9 Å². The third kappa shape index (κ3) is 4.94. The highest BCUT2D eigenvalue weighted by atomic mass is 16.5. The molecular formula is C44H54N4O4. The van der Waals surface area contributed by atoms with Crippen LogP contribution in [0.1, 0.15) is 49.9 Å². The second-order valence-corrected chi connectivity index (χ2v) is 14.2. The average Bonchev–Trinajstić information content (AvgIpc) is 3.54. The number of rotatable bonds is 11. The van der Waals surface area contributed by atoms with E-state index in [0.29, 0.717) is 0 Å². The molecular weight excluding hydrogens is 649 g/mol. The van der Waals surface area contributed by atoms with Gasteiger partial charge in [0.1, 0.15) is 23.0 Å². The van der Waals surface area contributed by atoms with E-state index in [1.165, 1.54) is 0 Å². The summed E-state index contributed by atoms with van der Waals surface area (Å²) in [5.74, 6) is 3.36. The molecule has 8 heteroatoms. The number of methoxy groups -OCH3 is 4. The van der Waals surface area contributed by atoms with Gasteiger partial charge in [-0.05, 0) is 60.4 Å². The van der Waals surface area contributed by atoms with Crippen molar-refractivity contribution in [3.63, 3.8) is 0 Å². The molecule has 0 spiro atoms. The highest BCUT2D eigenvalue weighted by molar-refractivity contribution is 5.98. The lowest BCUT2D eigenvalue weighted by Gasteiger charge is -2.64. The van der Waals surface area contributed by atoms with Crippen molar-refractivity contribution in [2.75, 3.05) is 56.6 Å². The first kappa shape index (κ1) is 36.5. The monoisotopic (exact) mass is 702 g/mol. The molecule has 0 bridgehead atoms. The Kier molecular flexibility index (Phi) is 9.88. The van der Waals surface area contributed by atoms with Gasteiger partial charge in [0.2, 0.25) is 0 Å². The fourth-order valence-electron chi connectivity index (χ4n) is 9.75. The maximum Gasteiger partial charge on any atom is 0.158 e. The SMILES string of the molecule is COc1ccccc1C1=C(c2ccccc2OC)N(C)C(C(C)C)(C2(C(C)C)N(C)C(c3ccccc3OC)=C(c3ccccc3OC)N2C)N1C. The number of hydrogen-bond donors (Lipinski definition) is 0. The molecule has 0 saturated heterocycles. The maximum absolute atomic E-state index is 6.08. The first-order valence-corrected chi connectivity index (χ1v) is 18.0. The minimum atomic E-state index is -0.700. The van der Waals surface area contributed by atoms with Crippen molar-refractivity contribution in [1.29, 1.82) is 0 Å². The van der Waals surface area contributed by atoms with Crippen LogP contribution >= 0.6 is 0 Å². The summed E-state index contributed by atoms with van der Waals surface area (Å²) in [5.41, 5.74) is 6.87. The smallest absolute Gasteiger partial charge is 0.158 e. The minimum absolute atomic E-state index is 0.0719. The molecule has 2 aliphatic rings. The van der Waals surface area contributed by atoms with Crippen molar-refractivity contribution in [2.24, 2.45) is 11.8 Å². The highest BCUT2D eigenvalue weighted by Gasteiger charge is 2.71. The molecule has 0 fully saturated rings. The van der Waals surface area contributed by atoms with Gasteiger partial charge in [-0.3, -0.25) is 0 Å². The Balaban J connectivity index is 1.75. The number of benzene rings is 4. The van der Waals surface area contributed by atoms with Gasteiger partial charge in [0.15, 0.2) is 11.3 Å². The standard InChI is InChI=1S/C44H54N4O4/c1-29(2)43(45(5)39(31-21-13-17-25-35(31)49-9)40(46(43)6)32-22-14-18-26-36(32)50-10)44(30(3)4)47(7)41(33-23-15-19-27-37(33)51-11)42(48(44)8)34-24-16-20-28-38(34)52-12/h13-30H,1-12H3. The normalized spacial score (nSPS) is 16.8. The average molecular weight is 703 g/mol. The van der Waals surface area contributed by atoms with Gasteiger partial charge in [-0.1, -0.05) is 76.2 Å². The lowest BCUT2D eigenvalue weighted by molar-refractivity contribution is -0.171. The predicted molar refractivity (Wildman–Crippen MR) is 212 cm³/mol. The van der Waals surface area contributed by atoms with Crippen molar-refractivity contribution in [2.45, 2.75) is 39.0 Å². The molecule has 2 aliphatic heterocycles. The number of hydrogen-bond acceptors (Lipinski definition) is 8. The van der Waals surface area contributed by atoms with Crippen LogP contribution in [-0.2, 0) is 0 Å². The van der Waals surface area contributed by atoms with Crippen LogP contribution in [0.2, 0.25) is 0 Å². The third-order valence-corrected chi connectivity index (χ3v) is 11.4. The van der Waals surface area contributed by atoms with Crippen molar-refractivity contribution in [1.82, 2.24) is 19.6 Å². The fourth-order valence-corrected chi connectivity index (χ4v) is 9.75. The van der Waals surface area contributed by atoms with Crippen LogP contribution in [0.25, 0.3) is 22.8 Å². The van der Waals surface area contributed by atoms with Gasteiger partial charge in [0, 0.05) is 50.4 Å². The third-order valence-electron chi connectivity index (χ3n) is 11.4. The van der Waals surface area contributed by atoms with E-state index in [2.05, 4.69) is 124 Å². The Morgan fingerprint density at radius 1 is 0.365 bits per heavy atom. The van der Waals surface area contributed by atoms with Gasteiger partial charge in [-0.15, -0.1) is 0 Å². The molecule has 0 unspecified atom stereocenters. The quantitative estimate of drug-likeness (QED) is 0.154. The molecule has 2 heterocycles. The second-order valence-electron chi connectivity index (χ2n) is 14.2. The van der Waals surface area contributed by atoms with Gasteiger partial charge >= 0.3 is 0 Å². The van der Waals surface area contributed by atoms with Crippen molar-refractivity contribution < 1.29 is 18.9 Å². The molecule has 4 aromatic carbocycles. The van der Waals surface area contributed by atoms with Crippen LogP contribution in [0.15, 0.2) is 97.1 Å². The molecule has 4 aromatic rings. The van der Waals surface area contributed by atoms with E-state index >= 15 is 0 Å². The van der Waals surface area contributed by atoms with Crippen molar-refractivity contribution in [3.05, 3.63) is 119 Å². The van der Waals surface area contributed by atoms with Crippen LogP contribution in [0.3, 0.4) is 0 Å². The van der Waals surface area contributed by atoms with Gasteiger partial charge in [0.05, 0.1) is 51.2 Å². The largest absolute Gasteiger partial charge is 0.496 e. The number of likely N-dealkylation sites (N-methyl/N-ethyl adjacent to an activating group) is 4. The first-order valence-electron chi connectivity index (χ1n) is 18.0. The molecule has 0 amide bonds. The zero-order chi connectivity index (χ0) is 37.5. The van der Waals surface area contributed by atoms with E-state index in [1.54, 1.807) is 28.4 Å². The summed E-state index contributed by atoms with van der Waals surface area (Å²) in [6.45, 7) is 9.36. The Bertz CT molecular complexity index is 1730. The summed E-state index contributed by atoms with van der Waals surface area (Å²) in [4.78, 5) is 10.0. The van der Waals surface area contributed by atoms with Crippen LogP contribution in [0, 0.1) is 11.8 Å². The predicted octanol–water partition coefficient (Wildman–Crippen LogP) is 8.53. The van der Waals surface area contributed by atoms with Gasteiger partial charge in [-0.25, -0.2) is 0 Å². The van der Waals surface area contributed by atoms with E-state index in [9.17, 15) is 0 Å². The zero-order valence-electron chi connectivity index (χ0n) is 32.8. The van der Waals surface area contributed by atoms with Gasteiger partial charge in [-0.2, -0.15) is 0 Å². The summed E-state index contributed by atoms with van der Waals surface area (Å²) in [6.07, 6.45) is 0. The molecule has 6 rings (SSSR count). The summed E-state index contributed by atoms with van der Waals surface area (Å²) in [7, 11) is 16.0. The van der Waals surface area contributed by atoms with Gasteiger partial charge in [0.25, 0.3) is 0 Å². The number of nitrogens with zero attached hydrogens (tertiary/aromatic N) is 4. The molecule has 0 saturated carbocycles. The van der Waals surface area contributed by atoms with E-state index in [4.69, 9.17) is 18.9 Å².